The van der Waals surface area contributed by atoms with E-state index in [1.54, 1.807) is 76.1 Å². The van der Waals surface area contributed by atoms with Gasteiger partial charge >= 0.3 is 0 Å². The van der Waals surface area contributed by atoms with Crippen molar-refractivity contribution in [2.24, 2.45) is 9.98 Å². The average Bonchev–Trinajstić information content (AvgIpc) is 3.03. The van der Waals surface area contributed by atoms with Gasteiger partial charge < -0.3 is 30.0 Å². The number of carbonyl (C=O) groups excluding carboxylic acids is 2. The first-order chi connectivity index (χ1) is 22.0. The van der Waals surface area contributed by atoms with Gasteiger partial charge in [-0.1, -0.05) is 23.5 Å². The molecule has 0 rings (SSSR count). The molecule has 4 N–H and O–H groups in total. The predicted molar refractivity (Wildman–Crippen MR) is 217 cm³/mol. The van der Waals surface area contributed by atoms with Crippen LogP contribution in [-0.4, -0.2) is 153 Å². The maximum Gasteiger partial charge on any atom is 0.279 e. The normalized spacial score (nSPS) is 13.1. The van der Waals surface area contributed by atoms with Gasteiger partial charge in [0.15, 0.2) is 0 Å². The zero-order valence-electron chi connectivity index (χ0n) is 25.5. The average molecular weight is 821 g/mol. The number of carbonyl (C=O) groups is 2. The second kappa shape index (κ2) is 38.4. The van der Waals surface area contributed by atoms with E-state index < -0.39 is 22.4 Å². The molecular weight excluding hydrogens is 773 g/mol. The number of amides is 2. The summed E-state index contributed by atoms with van der Waals surface area (Å²) >= 11 is 11.0. The molecule has 264 valence electrons. The first-order valence-corrected chi connectivity index (χ1v) is 25.9. The van der Waals surface area contributed by atoms with Crippen LogP contribution >= 0.6 is 94.1 Å². The van der Waals surface area contributed by atoms with E-state index in [0.717, 1.165) is 55.5 Å². The molecule has 0 aliphatic rings. The molecule has 0 spiro atoms. The van der Waals surface area contributed by atoms with Crippen LogP contribution < -0.4 is 10.6 Å². The lowest BCUT2D eigenvalue weighted by atomic mass is 10.5. The SMILES string of the molecule is O=C(NCCSCSCC/N=C\[S+]([O-])CCSCSCCSC(=O)NCCSCSCC/N=C\[S+]([O-])CCCO)SCCCO. The Labute approximate surface area is 309 Å². The van der Waals surface area contributed by atoms with Crippen LogP contribution in [0.1, 0.15) is 12.8 Å². The van der Waals surface area contributed by atoms with Gasteiger partial charge in [-0.2, -0.15) is 11.8 Å². The van der Waals surface area contributed by atoms with Crippen molar-refractivity contribution in [3.05, 3.63) is 0 Å². The van der Waals surface area contributed by atoms with Crippen molar-refractivity contribution in [3.63, 3.8) is 0 Å². The molecule has 0 radical (unpaired) electrons. The van der Waals surface area contributed by atoms with E-state index in [9.17, 15) is 18.7 Å². The Hall–Kier alpha value is 1.62. The molecule has 45 heavy (non-hydrogen) atoms. The summed E-state index contributed by atoms with van der Waals surface area (Å²) < 4.78 is 23.6. The van der Waals surface area contributed by atoms with Gasteiger partial charge in [0.25, 0.3) is 10.5 Å². The fourth-order valence-electron chi connectivity index (χ4n) is 2.47. The van der Waals surface area contributed by atoms with Gasteiger partial charge in [0, 0.05) is 94.0 Å². The van der Waals surface area contributed by atoms with Gasteiger partial charge in [0.2, 0.25) is 11.1 Å². The van der Waals surface area contributed by atoms with Gasteiger partial charge in [0.05, 0.1) is 13.1 Å². The summed E-state index contributed by atoms with van der Waals surface area (Å²) in [5.41, 5.74) is 3.03. The quantitative estimate of drug-likeness (QED) is 0.0247. The second-order valence-electron chi connectivity index (χ2n) is 8.28. The summed E-state index contributed by atoms with van der Waals surface area (Å²) in [6.45, 7) is 2.74. The molecule has 0 fully saturated rings. The fraction of sp³-hybridized carbons (Fsp3) is 0.840. The van der Waals surface area contributed by atoms with Crippen LogP contribution in [0.25, 0.3) is 0 Å². The Balaban J connectivity index is 3.40. The summed E-state index contributed by atoms with van der Waals surface area (Å²) in [5, 5.41) is 25.9. The minimum absolute atomic E-state index is 0.0123. The van der Waals surface area contributed by atoms with Gasteiger partial charge in [-0.15, -0.1) is 58.8 Å². The molecule has 2 amide bonds. The Morgan fingerprint density at radius 3 is 1.62 bits per heavy atom. The van der Waals surface area contributed by atoms with Crippen molar-refractivity contribution in [3.8, 4) is 0 Å². The Morgan fingerprint density at radius 1 is 0.600 bits per heavy atom. The first-order valence-electron chi connectivity index (χ1n) is 14.2. The number of aliphatic hydroxyl groups excluding tert-OH is 2. The minimum atomic E-state index is -1.08. The molecule has 0 aliphatic carbocycles. The lowest BCUT2D eigenvalue weighted by Crippen LogP contribution is -2.22. The number of nitrogens with zero attached hydrogens (tertiary/aromatic N) is 2. The molecule has 2 unspecified atom stereocenters. The third kappa shape index (κ3) is 38.3. The molecule has 2 atom stereocenters. The van der Waals surface area contributed by atoms with E-state index in [0.29, 0.717) is 56.3 Å². The monoisotopic (exact) mass is 820 g/mol. The van der Waals surface area contributed by atoms with E-state index in [4.69, 9.17) is 10.2 Å². The zero-order chi connectivity index (χ0) is 33.1. The van der Waals surface area contributed by atoms with Gasteiger partial charge in [-0.3, -0.25) is 9.59 Å². The lowest BCUT2D eigenvalue weighted by Gasteiger charge is -2.06. The van der Waals surface area contributed by atoms with Crippen molar-refractivity contribution in [2.45, 2.75) is 12.8 Å². The van der Waals surface area contributed by atoms with Crippen LogP contribution in [-0.2, 0) is 22.4 Å². The van der Waals surface area contributed by atoms with Crippen LogP contribution in [0.2, 0.25) is 0 Å². The minimum Gasteiger partial charge on any atom is -0.611 e. The topological polar surface area (TPSA) is 169 Å². The summed E-state index contributed by atoms with van der Waals surface area (Å²) in [6, 6.07) is 0. The Kier molecular flexibility index (Phi) is 39.8. The Morgan fingerprint density at radius 2 is 1.07 bits per heavy atom. The van der Waals surface area contributed by atoms with Crippen LogP contribution in [0, 0.1) is 0 Å². The van der Waals surface area contributed by atoms with Crippen molar-refractivity contribution < 1.29 is 28.9 Å². The third-order valence-corrected chi connectivity index (χ3v) is 15.8. The number of hydrogen-bond donors (Lipinski definition) is 4. The highest BCUT2D eigenvalue weighted by Gasteiger charge is 2.05. The van der Waals surface area contributed by atoms with Crippen LogP contribution in [0.5, 0.6) is 0 Å². The maximum atomic E-state index is 12.1. The highest BCUT2D eigenvalue weighted by atomic mass is 32.2. The van der Waals surface area contributed by atoms with Crippen molar-refractivity contribution >= 4 is 138 Å². The molecular formula is C25H48N4O6S10. The number of thioether (sulfide) groups is 8. The largest absolute Gasteiger partial charge is 0.611 e. The molecule has 0 saturated carbocycles. The molecule has 20 heteroatoms. The predicted octanol–water partition coefficient (Wildman–Crippen LogP) is 4.46. The molecule has 0 aromatic rings. The van der Waals surface area contributed by atoms with E-state index in [1.807, 2.05) is 0 Å². The van der Waals surface area contributed by atoms with Gasteiger partial charge in [-0.05, 0) is 28.8 Å². The number of aliphatic imine (C=N–C) groups is 2. The Bertz CT molecular complexity index is 752. The molecule has 0 aromatic heterocycles. The lowest BCUT2D eigenvalue weighted by molar-refractivity contribution is 0.260. The number of nitrogens with one attached hydrogen (secondary N) is 2. The second-order valence-corrected chi connectivity index (χ2v) is 20.9. The van der Waals surface area contributed by atoms with Gasteiger partial charge in [0.1, 0.15) is 11.5 Å². The van der Waals surface area contributed by atoms with Crippen molar-refractivity contribution in [1.29, 1.82) is 0 Å². The molecule has 10 nitrogen and oxygen atoms in total. The standard InChI is InChI=1S/C25H48N4O6S10/c30-7-1-9-42-24(32)28-5-12-38-22-37-11-4-27-20-45(35)18-16-41-23-40-14-15-43-25(33)29-6-13-39-21-36-10-3-26-19-44(34)17-2-8-31/h19-20,30-31H,1-18,21-23H2,(H,28,32)(H,29,33)/b26-19-,27-20-. The molecule has 0 aromatic carbocycles. The first kappa shape index (κ1) is 46.6. The summed E-state index contributed by atoms with van der Waals surface area (Å²) in [7, 11) is 0. The summed E-state index contributed by atoms with van der Waals surface area (Å²) in [4.78, 5) is 31.9. The smallest absolute Gasteiger partial charge is 0.279 e. The van der Waals surface area contributed by atoms with E-state index in [-0.39, 0.29) is 23.7 Å². The zero-order valence-corrected chi connectivity index (χ0v) is 33.7. The molecule has 0 saturated heterocycles. The molecule has 0 heterocycles. The van der Waals surface area contributed by atoms with Crippen molar-refractivity contribution in [1.82, 2.24) is 10.6 Å². The highest BCUT2D eigenvalue weighted by Crippen LogP contribution is 2.16. The van der Waals surface area contributed by atoms with Crippen molar-refractivity contribution in [2.75, 3.05) is 112 Å². The van der Waals surface area contributed by atoms with Crippen LogP contribution in [0.15, 0.2) is 9.98 Å². The number of hydrogen-bond acceptors (Lipinski definition) is 16. The summed E-state index contributed by atoms with van der Waals surface area (Å²) in [5.74, 6) is 7.63. The summed E-state index contributed by atoms with van der Waals surface area (Å²) in [6.07, 6.45) is 1.16. The van der Waals surface area contributed by atoms with E-state index >= 15 is 0 Å². The fourth-order valence-corrected chi connectivity index (χ4v) is 11.8. The highest BCUT2D eigenvalue weighted by molar-refractivity contribution is 8.18. The third-order valence-electron chi connectivity index (χ3n) is 4.57. The molecule has 0 bridgehead atoms. The molecule has 0 aliphatic heterocycles. The van der Waals surface area contributed by atoms with Crippen LogP contribution in [0.3, 0.4) is 0 Å². The number of aliphatic hydroxyl groups is 2. The maximum absolute atomic E-state index is 12.1. The number of rotatable bonds is 32. The van der Waals surface area contributed by atoms with Gasteiger partial charge in [-0.25, -0.2) is 9.98 Å². The van der Waals surface area contributed by atoms with E-state index in [1.165, 1.54) is 29.1 Å². The van der Waals surface area contributed by atoms with Crippen LogP contribution in [0.4, 0.5) is 9.59 Å². The van der Waals surface area contributed by atoms with E-state index in [2.05, 4.69) is 20.6 Å².